The molecule has 2 aromatic rings. The molecule has 0 aliphatic rings. The molecule has 7 heteroatoms. The van der Waals surface area contributed by atoms with E-state index in [0.29, 0.717) is 24.5 Å². The van der Waals surface area contributed by atoms with Crippen LogP contribution in [0.3, 0.4) is 0 Å². The van der Waals surface area contributed by atoms with Gasteiger partial charge in [-0.3, -0.25) is 0 Å². The van der Waals surface area contributed by atoms with Crippen LogP contribution in [0.15, 0.2) is 52.5 Å². The summed E-state index contributed by atoms with van der Waals surface area (Å²) < 4.78 is 26.4. The Balaban J connectivity index is 2.10. The first-order valence-electron chi connectivity index (χ1n) is 8.48. The molecule has 1 aromatic carbocycles. The van der Waals surface area contributed by atoms with Crippen molar-refractivity contribution in [2.75, 3.05) is 13.1 Å². The van der Waals surface area contributed by atoms with Crippen molar-refractivity contribution in [3.8, 4) is 6.07 Å². The number of aryl methyl sites for hydroxylation is 1. The van der Waals surface area contributed by atoms with Crippen LogP contribution in [-0.4, -0.2) is 36.0 Å². The van der Waals surface area contributed by atoms with Gasteiger partial charge in [0.15, 0.2) is 0 Å². The minimum absolute atomic E-state index is 0.178. The normalized spacial score (nSPS) is 12.7. The summed E-state index contributed by atoms with van der Waals surface area (Å²) in [6.45, 7) is 6.48. The minimum atomic E-state index is -3.51. The van der Waals surface area contributed by atoms with E-state index >= 15 is 0 Å². The van der Waals surface area contributed by atoms with E-state index in [1.165, 1.54) is 27.8 Å². The lowest BCUT2D eigenvalue weighted by molar-refractivity contribution is 0.445. The lowest BCUT2D eigenvalue weighted by Gasteiger charge is -2.18. The van der Waals surface area contributed by atoms with E-state index in [0.717, 1.165) is 5.56 Å². The maximum atomic E-state index is 12.5. The zero-order valence-corrected chi connectivity index (χ0v) is 16.8. The van der Waals surface area contributed by atoms with Gasteiger partial charge in [-0.2, -0.15) is 9.57 Å². The second kappa shape index (κ2) is 9.17. The molecule has 0 saturated heterocycles. The Morgan fingerprint density at radius 2 is 1.81 bits per heavy atom. The summed E-state index contributed by atoms with van der Waals surface area (Å²) in [4.78, 5) is 4.42. The fraction of sp³-hybridized carbons (Fsp3) is 0.368. The zero-order chi connectivity index (χ0) is 19.2. The summed E-state index contributed by atoms with van der Waals surface area (Å²) in [7, 11) is -3.51. The Kier molecular flexibility index (Phi) is 7.21. The molecule has 5 nitrogen and oxygen atoms in total. The molecule has 0 saturated carbocycles. The number of hydrogen-bond acceptors (Lipinski definition) is 5. The standard InChI is InChI=1S/C19H23N3O2S2/c1-4-22(5-2)26(23,24)18-10-11-19(21-14-18)25-17(13-20)12-16-8-6-15(3)7-9-16/h6-11,14,17H,4-5,12H2,1-3H3. The van der Waals surface area contributed by atoms with Crippen LogP contribution in [0.5, 0.6) is 0 Å². The van der Waals surface area contributed by atoms with Gasteiger partial charge in [0.2, 0.25) is 10.0 Å². The number of pyridine rings is 1. The van der Waals surface area contributed by atoms with E-state index in [1.807, 2.05) is 31.2 Å². The summed E-state index contributed by atoms with van der Waals surface area (Å²) in [6.07, 6.45) is 1.99. The molecular weight excluding hydrogens is 366 g/mol. The maximum Gasteiger partial charge on any atom is 0.244 e. The molecule has 0 aliphatic heterocycles. The molecule has 1 unspecified atom stereocenters. The number of aromatic nitrogens is 1. The fourth-order valence-corrected chi connectivity index (χ4v) is 4.78. The fourth-order valence-electron chi connectivity index (χ4n) is 2.50. The van der Waals surface area contributed by atoms with Gasteiger partial charge in [-0.1, -0.05) is 55.4 Å². The van der Waals surface area contributed by atoms with Gasteiger partial charge in [0.05, 0.1) is 11.1 Å². The van der Waals surface area contributed by atoms with Gasteiger partial charge in [-0.15, -0.1) is 0 Å². The zero-order valence-electron chi connectivity index (χ0n) is 15.2. The highest BCUT2D eigenvalue weighted by molar-refractivity contribution is 8.00. The number of sulfonamides is 1. The SMILES string of the molecule is CCN(CC)S(=O)(=O)c1ccc(SC(C#N)Cc2ccc(C)cc2)nc1. The molecule has 1 aromatic heterocycles. The molecule has 138 valence electrons. The molecule has 0 N–H and O–H groups in total. The number of nitrogens with zero attached hydrogens (tertiary/aromatic N) is 3. The van der Waals surface area contributed by atoms with E-state index in [1.54, 1.807) is 26.0 Å². The van der Waals surface area contributed by atoms with Crippen molar-refractivity contribution >= 4 is 21.8 Å². The van der Waals surface area contributed by atoms with E-state index in [9.17, 15) is 13.7 Å². The summed E-state index contributed by atoms with van der Waals surface area (Å²) in [6, 6.07) is 13.6. The molecular formula is C19H23N3O2S2. The maximum absolute atomic E-state index is 12.5. The van der Waals surface area contributed by atoms with Crippen LogP contribution in [0.1, 0.15) is 25.0 Å². The van der Waals surface area contributed by atoms with Crippen molar-refractivity contribution in [1.82, 2.24) is 9.29 Å². The smallest absolute Gasteiger partial charge is 0.244 e. The van der Waals surface area contributed by atoms with E-state index in [-0.39, 0.29) is 10.1 Å². The topological polar surface area (TPSA) is 74.1 Å². The molecule has 0 fully saturated rings. The Labute approximate surface area is 160 Å². The molecule has 0 bridgehead atoms. The lowest BCUT2D eigenvalue weighted by atomic mass is 10.1. The van der Waals surface area contributed by atoms with Crippen molar-refractivity contribution in [3.63, 3.8) is 0 Å². The molecule has 0 spiro atoms. The van der Waals surface area contributed by atoms with Crippen molar-refractivity contribution in [1.29, 1.82) is 5.26 Å². The average molecular weight is 390 g/mol. The number of thioether (sulfide) groups is 1. The number of rotatable bonds is 8. The van der Waals surface area contributed by atoms with Gasteiger partial charge in [0.25, 0.3) is 0 Å². The Morgan fingerprint density at radius 3 is 2.31 bits per heavy atom. The molecule has 26 heavy (non-hydrogen) atoms. The van der Waals surface area contributed by atoms with Crippen LogP contribution in [0.25, 0.3) is 0 Å². The quantitative estimate of drug-likeness (QED) is 0.644. The van der Waals surface area contributed by atoms with Crippen molar-refractivity contribution < 1.29 is 8.42 Å². The van der Waals surface area contributed by atoms with Crippen molar-refractivity contribution in [2.24, 2.45) is 0 Å². The predicted molar refractivity (Wildman–Crippen MR) is 104 cm³/mol. The Bertz CT molecular complexity index is 853. The molecule has 0 radical (unpaired) electrons. The van der Waals surface area contributed by atoms with Crippen molar-refractivity contribution in [3.05, 3.63) is 53.7 Å². The second-order valence-electron chi connectivity index (χ2n) is 5.85. The van der Waals surface area contributed by atoms with Gasteiger partial charge in [-0.05, 0) is 31.0 Å². The van der Waals surface area contributed by atoms with Crippen LogP contribution in [0.4, 0.5) is 0 Å². The number of nitriles is 1. The first kappa shape index (κ1) is 20.4. The van der Waals surface area contributed by atoms with Crippen LogP contribution >= 0.6 is 11.8 Å². The van der Waals surface area contributed by atoms with Crippen LogP contribution in [-0.2, 0) is 16.4 Å². The first-order chi connectivity index (χ1) is 12.4. The van der Waals surface area contributed by atoms with Gasteiger partial charge in [-0.25, -0.2) is 13.4 Å². The monoisotopic (exact) mass is 389 g/mol. The largest absolute Gasteiger partial charge is 0.248 e. The highest BCUT2D eigenvalue weighted by atomic mass is 32.2. The molecule has 0 aliphatic carbocycles. The summed E-state index contributed by atoms with van der Waals surface area (Å²) in [5.41, 5.74) is 2.27. The van der Waals surface area contributed by atoms with Crippen molar-refractivity contribution in [2.45, 2.75) is 42.4 Å². The van der Waals surface area contributed by atoms with Crippen LogP contribution in [0, 0.1) is 18.3 Å². The summed E-state index contributed by atoms with van der Waals surface area (Å²) >= 11 is 1.35. The Hall–Kier alpha value is -1.88. The van der Waals surface area contributed by atoms with Gasteiger partial charge >= 0.3 is 0 Å². The Morgan fingerprint density at radius 1 is 1.15 bits per heavy atom. The van der Waals surface area contributed by atoms with Gasteiger partial charge in [0.1, 0.15) is 10.1 Å². The third-order valence-corrected chi connectivity index (χ3v) is 7.07. The highest BCUT2D eigenvalue weighted by Gasteiger charge is 2.22. The molecule has 1 heterocycles. The number of benzene rings is 1. The first-order valence-corrected chi connectivity index (χ1v) is 10.8. The van der Waals surface area contributed by atoms with Gasteiger partial charge in [0, 0.05) is 19.3 Å². The lowest BCUT2D eigenvalue weighted by Crippen LogP contribution is -2.30. The average Bonchev–Trinajstić information content (AvgIpc) is 2.64. The minimum Gasteiger partial charge on any atom is -0.248 e. The van der Waals surface area contributed by atoms with E-state index in [4.69, 9.17) is 0 Å². The van der Waals surface area contributed by atoms with Gasteiger partial charge < -0.3 is 0 Å². The number of hydrogen-bond donors (Lipinski definition) is 0. The van der Waals surface area contributed by atoms with E-state index < -0.39 is 10.0 Å². The highest BCUT2D eigenvalue weighted by Crippen LogP contribution is 2.25. The molecule has 0 amide bonds. The summed E-state index contributed by atoms with van der Waals surface area (Å²) in [5, 5.41) is 9.78. The predicted octanol–water partition coefficient (Wildman–Crippen LogP) is 3.65. The third-order valence-electron chi connectivity index (χ3n) is 4.00. The van der Waals surface area contributed by atoms with Crippen LogP contribution < -0.4 is 0 Å². The van der Waals surface area contributed by atoms with E-state index in [2.05, 4.69) is 11.1 Å². The molecule has 2 rings (SSSR count). The molecule has 1 atom stereocenters. The third kappa shape index (κ3) is 5.07. The summed E-state index contributed by atoms with van der Waals surface area (Å²) in [5.74, 6) is 0. The second-order valence-corrected chi connectivity index (χ2v) is 9.01. The van der Waals surface area contributed by atoms with Crippen LogP contribution in [0.2, 0.25) is 0 Å².